The van der Waals surface area contributed by atoms with Crippen LogP contribution in [0.3, 0.4) is 0 Å². The van der Waals surface area contributed by atoms with Gasteiger partial charge in [0.05, 0.1) is 11.3 Å². The van der Waals surface area contributed by atoms with Crippen LogP contribution in [0.25, 0.3) is 17.0 Å². The first-order valence-corrected chi connectivity index (χ1v) is 11.2. The van der Waals surface area contributed by atoms with Gasteiger partial charge < -0.3 is 9.42 Å². The van der Waals surface area contributed by atoms with Crippen LogP contribution in [0.1, 0.15) is 5.69 Å². The minimum absolute atomic E-state index is 0.194. The lowest BCUT2D eigenvalue weighted by atomic mass is 10.2. The molecule has 0 N–H and O–H groups in total. The van der Waals surface area contributed by atoms with E-state index in [1.165, 1.54) is 21.2 Å². The molecule has 1 aromatic carbocycles. The standard InChI is InChI=1S/C19H18FN7O3S/c20-16-4-2-1-3-15(16)19-22-21-17-5-6-18(23-27(17)19)25-8-10-26(11-9-25)31(28,29)13-14-7-12-30-24-14/h1-7,12H,8-11,13H2. The van der Waals surface area contributed by atoms with Crippen LogP contribution in [0.5, 0.6) is 0 Å². The van der Waals surface area contributed by atoms with Gasteiger partial charge in [-0.3, -0.25) is 0 Å². The van der Waals surface area contributed by atoms with Gasteiger partial charge in [0.25, 0.3) is 0 Å². The Bertz CT molecular complexity index is 1320. The molecule has 10 nitrogen and oxygen atoms in total. The van der Waals surface area contributed by atoms with Crippen LogP contribution in [-0.4, -0.2) is 63.9 Å². The number of benzene rings is 1. The summed E-state index contributed by atoms with van der Waals surface area (Å²) in [6.07, 6.45) is 1.35. The fourth-order valence-electron chi connectivity index (χ4n) is 3.54. The summed E-state index contributed by atoms with van der Waals surface area (Å²) in [5.41, 5.74) is 1.18. The Hall–Kier alpha value is -3.38. The number of rotatable bonds is 5. The van der Waals surface area contributed by atoms with E-state index in [-0.39, 0.29) is 5.75 Å². The van der Waals surface area contributed by atoms with Crippen LogP contribution in [-0.2, 0) is 15.8 Å². The van der Waals surface area contributed by atoms with Crippen LogP contribution in [0.2, 0.25) is 0 Å². The Morgan fingerprint density at radius 1 is 1.00 bits per heavy atom. The van der Waals surface area contributed by atoms with Crippen molar-refractivity contribution in [2.75, 3.05) is 31.1 Å². The monoisotopic (exact) mass is 443 g/mol. The van der Waals surface area contributed by atoms with Gasteiger partial charge in [0.15, 0.2) is 11.5 Å². The number of anilines is 1. The molecular formula is C19H18FN7O3S. The molecule has 0 radical (unpaired) electrons. The molecule has 1 saturated heterocycles. The molecule has 4 aromatic rings. The van der Waals surface area contributed by atoms with Gasteiger partial charge in [-0.2, -0.15) is 8.82 Å². The molecule has 160 valence electrons. The molecule has 12 heteroatoms. The molecule has 0 saturated carbocycles. The maximum absolute atomic E-state index is 14.2. The fraction of sp³-hybridized carbons (Fsp3) is 0.263. The summed E-state index contributed by atoms with van der Waals surface area (Å²) in [5, 5.41) is 16.4. The van der Waals surface area contributed by atoms with E-state index in [0.717, 1.165) is 0 Å². The Morgan fingerprint density at radius 2 is 1.81 bits per heavy atom. The third-order valence-corrected chi connectivity index (χ3v) is 6.95. The molecule has 31 heavy (non-hydrogen) atoms. The van der Waals surface area contributed by atoms with E-state index in [1.807, 2.05) is 4.90 Å². The SMILES string of the molecule is O=S(=O)(Cc1ccon1)N1CCN(c2ccc3nnc(-c4ccccc4F)n3n2)CC1. The van der Waals surface area contributed by atoms with Gasteiger partial charge in [0.1, 0.15) is 23.7 Å². The molecule has 0 unspecified atom stereocenters. The lowest BCUT2D eigenvalue weighted by Crippen LogP contribution is -2.49. The molecule has 0 atom stereocenters. The van der Waals surface area contributed by atoms with E-state index in [9.17, 15) is 12.8 Å². The van der Waals surface area contributed by atoms with E-state index < -0.39 is 15.8 Å². The van der Waals surface area contributed by atoms with Gasteiger partial charge in [-0.25, -0.2) is 12.8 Å². The number of hydrogen-bond acceptors (Lipinski definition) is 8. The predicted molar refractivity (Wildman–Crippen MR) is 109 cm³/mol. The van der Waals surface area contributed by atoms with Gasteiger partial charge in [0.2, 0.25) is 10.0 Å². The zero-order valence-corrected chi connectivity index (χ0v) is 17.1. The van der Waals surface area contributed by atoms with Crippen molar-refractivity contribution in [3.63, 3.8) is 0 Å². The highest BCUT2D eigenvalue weighted by molar-refractivity contribution is 7.88. The number of fused-ring (bicyclic) bond motifs is 1. The molecule has 1 aliphatic rings. The molecule has 1 aliphatic heterocycles. The van der Waals surface area contributed by atoms with Crippen LogP contribution < -0.4 is 4.90 Å². The summed E-state index contributed by atoms with van der Waals surface area (Å²) >= 11 is 0. The van der Waals surface area contributed by atoms with Crippen LogP contribution >= 0.6 is 0 Å². The number of hydrogen-bond donors (Lipinski definition) is 0. The van der Waals surface area contributed by atoms with Crippen LogP contribution in [0, 0.1) is 5.82 Å². The molecule has 3 aromatic heterocycles. The first-order valence-electron chi connectivity index (χ1n) is 9.61. The van der Waals surface area contributed by atoms with Gasteiger partial charge >= 0.3 is 0 Å². The molecule has 0 aliphatic carbocycles. The summed E-state index contributed by atoms with van der Waals surface area (Å²) in [4.78, 5) is 1.98. The summed E-state index contributed by atoms with van der Waals surface area (Å²) in [6, 6.07) is 11.4. The highest BCUT2D eigenvalue weighted by Gasteiger charge is 2.28. The lowest BCUT2D eigenvalue weighted by Gasteiger charge is -2.34. The molecule has 5 rings (SSSR count). The number of sulfonamides is 1. The van der Waals surface area contributed by atoms with Crippen LogP contribution in [0.4, 0.5) is 10.2 Å². The third kappa shape index (κ3) is 3.75. The van der Waals surface area contributed by atoms with Crippen molar-refractivity contribution in [1.29, 1.82) is 0 Å². The molecular weight excluding hydrogens is 425 g/mol. The number of piperazine rings is 1. The molecule has 1 fully saturated rings. The first-order chi connectivity index (χ1) is 15.0. The quantitative estimate of drug-likeness (QED) is 0.457. The van der Waals surface area contributed by atoms with Gasteiger partial charge in [-0.15, -0.1) is 15.3 Å². The Morgan fingerprint density at radius 3 is 2.55 bits per heavy atom. The molecule has 0 amide bonds. The highest BCUT2D eigenvalue weighted by atomic mass is 32.2. The molecule has 0 spiro atoms. The van der Waals surface area contributed by atoms with Crippen molar-refractivity contribution < 1.29 is 17.3 Å². The Labute approximate surface area is 176 Å². The maximum atomic E-state index is 14.2. The predicted octanol–water partition coefficient (Wildman–Crippen LogP) is 1.57. The highest BCUT2D eigenvalue weighted by Crippen LogP contribution is 2.23. The average molecular weight is 443 g/mol. The van der Waals surface area contributed by atoms with Crippen molar-refractivity contribution in [3.8, 4) is 11.4 Å². The Kier molecular flexibility index (Phi) is 4.87. The second kappa shape index (κ2) is 7.71. The maximum Gasteiger partial charge on any atom is 0.220 e. The van der Waals surface area contributed by atoms with E-state index in [4.69, 9.17) is 4.52 Å². The molecule has 0 bridgehead atoms. The van der Waals surface area contributed by atoms with Crippen molar-refractivity contribution in [2.45, 2.75) is 5.75 Å². The van der Waals surface area contributed by atoms with Gasteiger partial charge in [0, 0.05) is 32.2 Å². The summed E-state index contributed by atoms with van der Waals surface area (Å²) in [7, 11) is -3.49. The summed E-state index contributed by atoms with van der Waals surface area (Å²) < 4.78 is 47.1. The Balaban J connectivity index is 1.35. The van der Waals surface area contributed by atoms with Gasteiger partial charge in [-0.1, -0.05) is 17.3 Å². The smallest absolute Gasteiger partial charge is 0.220 e. The van der Waals surface area contributed by atoms with E-state index in [2.05, 4.69) is 20.5 Å². The third-order valence-electron chi connectivity index (χ3n) is 5.14. The van der Waals surface area contributed by atoms with E-state index >= 15 is 0 Å². The van der Waals surface area contributed by atoms with Crippen molar-refractivity contribution in [3.05, 3.63) is 60.2 Å². The normalized spacial score (nSPS) is 15.6. The van der Waals surface area contributed by atoms with Crippen LogP contribution in [0.15, 0.2) is 53.3 Å². The fourth-order valence-corrected chi connectivity index (χ4v) is 4.97. The van der Waals surface area contributed by atoms with Gasteiger partial charge in [-0.05, 0) is 24.3 Å². The zero-order chi connectivity index (χ0) is 21.4. The zero-order valence-electron chi connectivity index (χ0n) is 16.3. The topological polar surface area (TPSA) is 110 Å². The second-order valence-electron chi connectivity index (χ2n) is 7.10. The minimum atomic E-state index is -3.49. The number of aromatic nitrogens is 5. The van der Waals surface area contributed by atoms with Crippen molar-refractivity contribution in [1.82, 2.24) is 29.3 Å². The lowest BCUT2D eigenvalue weighted by molar-refractivity contribution is 0.380. The average Bonchev–Trinajstić information content (AvgIpc) is 3.43. The second-order valence-corrected chi connectivity index (χ2v) is 9.07. The van der Waals surface area contributed by atoms with E-state index in [1.54, 1.807) is 36.4 Å². The minimum Gasteiger partial charge on any atom is -0.364 e. The largest absolute Gasteiger partial charge is 0.364 e. The number of nitrogens with zero attached hydrogens (tertiary/aromatic N) is 7. The number of halogens is 1. The van der Waals surface area contributed by atoms with Crippen molar-refractivity contribution >= 4 is 21.5 Å². The first kappa shape index (κ1) is 19.6. The summed E-state index contributed by atoms with van der Waals surface area (Å²) in [5.74, 6) is 0.345. The van der Waals surface area contributed by atoms with E-state index in [0.29, 0.717) is 54.7 Å². The summed E-state index contributed by atoms with van der Waals surface area (Å²) in [6.45, 7) is 1.58. The van der Waals surface area contributed by atoms with Crippen molar-refractivity contribution in [2.24, 2.45) is 0 Å². The molecule has 4 heterocycles.